The Morgan fingerprint density at radius 1 is 1.30 bits per heavy atom. The maximum atomic E-state index is 13.6. The van der Waals surface area contributed by atoms with Gasteiger partial charge in [-0.15, -0.1) is 0 Å². The van der Waals surface area contributed by atoms with Gasteiger partial charge in [0.2, 0.25) is 10.0 Å². The summed E-state index contributed by atoms with van der Waals surface area (Å²) in [5.74, 6) is -0.331. The Balaban J connectivity index is 2.00. The molecule has 1 aliphatic rings. The highest BCUT2D eigenvalue weighted by molar-refractivity contribution is 7.89. The van der Waals surface area contributed by atoms with Gasteiger partial charge in [0.25, 0.3) is 5.91 Å². The molecular formula is C18H28FN3O4S. The molecule has 1 aromatic carbocycles. The predicted molar refractivity (Wildman–Crippen MR) is 102 cm³/mol. The van der Waals surface area contributed by atoms with Crippen molar-refractivity contribution in [1.29, 1.82) is 0 Å². The van der Waals surface area contributed by atoms with Crippen molar-refractivity contribution in [3.63, 3.8) is 0 Å². The summed E-state index contributed by atoms with van der Waals surface area (Å²) in [5.41, 5.74) is 0.217. The van der Waals surface area contributed by atoms with E-state index in [2.05, 4.69) is 9.62 Å². The van der Waals surface area contributed by atoms with Crippen LogP contribution in [0, 0.1) is 5.82 Å². The standard InChI is InChI=1S/C18H28FN3O4S/c1-4-27(24,25)20-13-14(2)21-8-5-9-22(11-10-21)18(23)16-12-15(19)6-7-17(16)26-3/h6-7,12,14,20H,4-5,8-11,13H2,1-3H3. The highest BCUT2D eigenvalue weighted by atomic mass is 32.2. The smallest absolute Gasteiger partial charge is 0.257 e. The van der Waals surface area contributed by atoms with Crippen LogP contribution in [0.3, 0.4) is 0 Å². The third-order valence-electron chi connectivity index (χ3n) is 4.81. The van der Waals surface area contributed by atoms with Gasteiger partial charge >= 0.3 is 0 Å². The largest absolute Gasteiger partial charge is 0.496 e. The zero-order chi connectivity index (χ0) is 20.0. The lowest BCUT2D eigenvalue weighted by atomic mass is 10.1. The highest BCUT2D eigenvalue weighted by Crippen LogP contribution is 2.22. The van der Waals surface area contributed by atoms with Crippen LogP contribution in [0.2, 0.25) is 0 Å². The van der Waals surface area contributed by atoms with Gasteiger partial charge < -0.3 is 9.64 Å². The average molecular weight is 402 g/mol. The fourth-order valence-electron chi connectivity index (χ4n) is 3.08. The number of benzene rings is 1. The number of nitrogens with zero attached hydrogens (tertiary/aromatic N) is 2. The highest BCUT2D eigenvalue weighted by Gasteiger charge is 2.25. The maximum Gasteiger partial charge on any atom is 0.257 e. The normalized spacial score (nSPS) is 17.4. The van der Waals surface area contributed by atoms with Crippen LogP contribution in [-0.4, -0.2) is 75.8 Å². The number of nitrogens with one attached hydrogen (secondary N) is 1. The Labute approximate surface area is 160 Å². The van der Waals surface area contributed by atoms with Gasteiger partial charge in [0, 0.05) is 38.8 Å². The third-order valence-corrected chi connectivity index (χ3v) is 6.18. The molecule has 9 heteroatoms. The Hall–Kier alpha value is -1.71. The lowest BCUT2D eigenvalue weighted by Gasteiger charge is -2.28. The second-order valence-corrected chi connectivity index (χ2v) is 8.72. The molecule has 0 bridgehead atoms. The summed E-state index contributed by atoms with van der Waals surface area (Å²) in [5, 5.41) is 0. The first kappa shape index (κ1) is 21.6. The van der Waals surface area contributed by atoms with E-state index < -0.39 is 15.8 Å². The number of hydrogen-bond donors (Lipinski definition) is 1. The van der Waals surface area contributed by atoms with Crippen LogP contribution in [0.25, 0.3) is 0 Å². The summed E-state index contributed by atoms with van der Waals surface area (Å²) < 4.78 is 44.6. The van der Waals surface area contributed by atoms with Gasteiger partial charge in [-0.25, -0.2) is 17.5 Å². The fourth-order valence-corrected chi connectivity index (χ4v) is 3.78. The number of carbonyl (C=O) groups excluding carboxylic acids is 1. The first-order valence-corrected chi connectivity index (χ1v) is 10.8. The Bertz CT molecular complexity index is 757. The lowest BCUT2D eigenvalue weighted by molar-refractivity contribution is 0.0755. The monoisotopic (exact) mass is 401 g/mol. The number of methoxy groups -OCH3 is 1. The molecule has 1 aliphatic heterocycles. The first-order chi connectivity index (χ1) is 12.8. The molecule has 7 nitrogen and oxygen atoms in total. The van der Waals surface area contributed by atoms with Gasteiger partial charge in [-0.1, -0.05) is 0 Å². The summed E-state index contributed by atoms with van der Waals surface area (Å²) in [6.07, 6.45) is 0.758. The molecule has 1 saturated heterocycles. The van der Waals surface area contributed by atoms with E-state index in [1.54, 1.807) is 11.8 Å². The molecule has 1 N–H and O–H groups in total. The molecule has 1 amide bonds. The molecule has 0 spiro atoms. The van der Waals surface area contributed by atoms with Gasteiger partial charge in [-0.2, -0.15) is 0 Å². The van der Waals surface area contributed by atoms with Gasteiger partial charge in [-0.05, 0) is 38.5 Å². The summed E-state index contributed by atoms with van der Waals surface area (Å²) in [4.78, 5) is 16.7. The Kier molecular flexibility index (Phi) is 7.58. The maximum absolute atomic E-state index is 13.6. The van der Waals surface area contributed by atoms with Crippen molar-refractivity contribution < 1.29 is 22.3 Å². The van der Waals surface area contributed by atoms with Crippen molar-refractivity contribution in [2.45, 2.75) is 26.3 Å². The van der Waals surface area contributed by atoms with Crippen LogP contribution in [0.15, 0.2) is 18.2 Å². The lowest BCUT2D eigenvalue weighted by Crippen LogP contribution is -2.44. The van der Waals surface area contributed by atoms with Crippen molar-refractivity contribution >= 4 is 15.9 Å². The molecule has 2 rings (SSSR count). The van der Waals surface area contributed by atoms with Crippen LogP contribution in [-0.2, 0) is 10.0 Å². The van der Waals surface area contributed by atoms with E-state index >= 15 is 0 Å². The van der Waals surface area contributed by atoms with E-state index in [9.17, 15) is 17.6 Å². The molecule has 1 unspecified atom stereocenters. The Morgan fingerprint density at radius 2 is 2.04 bits per heavy atom. The van der Waals surface area contributed by atoms with Crippen molar-refractivity contribution in [3.05, 3.63) is 29.6 Å². The zero-order valence-electron chi connectivity index (χ0n) is 16.1. The molecule has 0 radical (unpaired) electrons. The van der Waals surface area contributed by atoms with Crippen LogP contribution in [0.4, 0.5) is 4.39 Å². The summed E-state index contributed by atoms with van der Waals surface area (Å²) >= 11 is 0. The minimum absolute atomic E-state index is 0.0186. The molecule has 1 atom stereocenters. The van der Waals surface area contributed by atoms with Crippen LogP contribution in [0.5, 0.6) is 5.75 Å². The number of ether oxygens (including phenoxy) is 1. The van der Waals surface area contributed by atoms with Crippen molar-refractivity contribution in [3.8, 4) is 5.75 Å². The zero-order valence-corrected chi connectivity index (χ0v) is 16.9. The number of hydrogen-bond acceptors (Lipinski definition) is 5. The number of rotatable bonds is 7. The number of amides is 1. The number of carbonyl (C=O) groups is 1. The van der Waals surface area contributed by atoms with Crippen LogP contribution < -0.4 is 9.46 Å². The minimum Gasteiger partial charge on any atom is -0.496 e. The molecule has 1 fully saturated rings. The molecule has 0 aromatic heterocycles. The summed E-state index contributed by atoms with van der Waals surface area (Å²) in [6, 6.07) is 3.93. The SMILES string of the molecule is CCS(=O)(=O)NCC(C)N1CCCN(C(=O)c2cc(F)ccc2OC)CC1. The third kappa shape index (κ3) is 5.88. The Morgan fingerprint density at radius 3 is 2.70 bits per heavy atom. The molecule has 0 saturated carbocycles. The molecule has 27 heavy (non-hydrogen) atoms. The molecule has 1 aromatic rings. The summed E-state index contributed by atoms with van der Waals surface area (Å²) in [6.45, 7) is 6.33. The predicted octanol–water partition coefficient (Wildman–Crippen LogP) is 1.31. The van der Waals surface area contributed by atoms with Gasteiger partial charge in [0.05, 0.1) is 18.4 Å². The first-order valence-electron chi connectivity index (χ1n) is 9.11. The fraction of sp³-hybridized carbons (Fsp3) is 0.611. The second kappa shape index (κ2) is 9.48. The van der Waals surface area contributed by atoms with E-state index in [0.717, 1.165) is 13.0 Å². The van der Waals surface area contributed by atoms with Gasteiger partial charge in [-0.3, -0.25) is 9.69 Å². The van der Waals surface area contributed by atoms with Crippen molar-refractivity contribution in [2.75, 3.05) is 45.6 Å². The van der Waals surface area contributed by atoms with Gasteiger partial charge in [0.15, 0.2) is 0 Å². The van der Waals surface area contributed by atoms with Crippen LogP contribution >= 0.6 is 0 Å². The van der Waals surface area contributed by atoms with E-state index in [0.29, 0.717) is 31.9 Å². The minimum atomic E-state index is -3.22. The second-order valence-electron chi connectivity index (χ2n) is 6.63. The number of halogens is 1. The van der Waals surface area contributed by atoms with Crippen molar-refractivity contribution in [1.82, 2.24) is 14.5 Å². The average Bonchev–Trinajstić information content (AvgIpc) is 2.92. The van der Waals surface area contributed by atoms with E-state index in [1.807, 2.05) is 6.92 Å². The van der Waals surface area contributed by atoms with Crippen molar-refractivity contribution in [2.24, 2.45) is 0 Å². The topological polar surface area (TPSA) is 79.0 Å². The van der Waals surface area contributed by atoms with E-state index in [4.69, 9.17) is 4.74 Å². The molecule has 152 valence electrons. The van der Waals surface area contributed by atoms with E-state index in [-0.39, 0.29) is 23.3 Å². The van der Waals surface area contributed by atoms with Gasteiger partial charge in [0.1, 0.15) is 11.6 Å². The molecular weight excluding hydrogens is 373 g/mol. The molecule has 1 heterocycles. The van der Waals surface area contributed by atoms with Crippen LogP contribution in [0.1, 0.15) is 30.6 Å². The summed E-state index contributed by atoms with van der Waals surface area (Å²) in [7, 11) is -1.77. The molecule has 0 aliphatic carbocycles. The quantitative estimate of drug-likeness (QED) is 0.745. The number of sulfonamides is 1. The van der Waals surface area contributed by atoms with E-state index in [1.165, 1.54) is 25.3 Å².